The molecule has 1 atom stereocenters. The van der Waals surface area contributed by atoms with Crippen molar-refractivity contribution in [2.24, 2.45) is 0 Å². The number of carbonyl (C=O) groups is 1. The van der Waals surface area contributed by atoms with E-state index in [2.05, 4.69) is 10.3 Å². The van der Waals surface area contributed by atoms with Crippen LogP contribution in [-0.4, -0.2) is 23.0 Å². The van der Waals surface area contributed by atoms with Crippen LogP contribution in [0.5, 0.6) is 0 Å². The molecular weight excluding hydrogens is 294 g/mol. The molecule has 2 rings (SSSR count). The summed E-state index contributed by atoms with van der Waals surface area (Å²) in [5.74, 6) is 0. The molecule has 0 spiro atoms. The molecule has 0 aliphatic rings. The van der Waals surface area contributed by atoms with Gasteiger partial charge in [0.05, 0.1) is 6.04 Å². The van der Waals surface area contributed by atoms with Gasteiger partial charge in [-0.1, -0.05) is 29.8 Å². The molecule has 1 aromatic heterocycles. The normalized spacial score (nSPS) is 12.0. The van der Waals surface area contributed by atoms with Crippen molar-refractivity contribution in [3.05, 3.63) is 45.9 Å². The van der Waals surface area contributed by atoms with Crippen molar-refractivity contribution in [2.45, 2.75) is 19.9 Å². The lowest BCUT2D eigenvalue weighted by Gasteiger charge is -2.25. The summed E-state index contributed by atoms with van der Waals surface area (Å²) in [6.07, 6.45) is 1.73. The zero-order valence-electron chi connectivity index (χ0n) is 11.6. The Labute approximate surface area is 127 Å². The molecule has 0 aliphatic heterocycles. The van der Waals surface area contributed by atoms with Gasteiger partial charge in [-0.25, -0.2) is 9.78 Å². The Hall–Kier alpha value is -1.59. The van der Waals surface area contributed by atoms with Crippen molar-refractivity contribution < 1.29 is 4.79 Å². The number of hydrogen-bond donors (Lipinski definition) is 1. The molecule has 1 N–H and O–H groups in total. The van der Waals surface area contributed by atoms with Crippen LogP contribution < -0.4 is 5.32 Å². The van der Waals surface area contributed by atoms with Gasteiger partial charge in [0, 0.05) is 23.1 Å². The van der Waals surface area contributed by atoms with Gasteiger partial charge in [0.1, 0.15) is 0 Å². The zero-order chi connectivity index (χ0) is 14.7. The highest BCUT2D eigenvalue weighted by atomic mass is 35.5. The number of hydrogen-bond acceptors (Lipinski definition) is 3. The molecule has 4 nitrogen and oxygen atoms in total. The van der Waals surface area contributed by atoms with Crippen molar-refractivity contribution in [3.8, 4) is 0 Å². The van der Waals surface area contributed by atoms with Gasteiger partial charge in [-0.15, -0.1) is 11.3 Å². The Morgan fingerprint density at radius 2 is 2.15 bits per heavy atom. The molecule has 0 saturated heterocycles. The number of anilines is 1. The molecule has 1 aromatic carbocycles. The van der Waals surface area contributed by atoms with Gasteiger partial charge in [0.2, 0.25) is 0 Å². The highest BCUT2D eigenvalue weighted by Crippen LogP contribution is 2.27. The number of halogens is 1. The van der Waals surface area contributed by atoms with Crippen LogP contribution in [0.25, 0.3) is 0 Å². The van der Waals surface area contributed by atoms with Crippen LogP contribution in [0.2, 0.25) is 5.02 Å². The number of nitrogens with zero attached hydrogens (tertiary/aromatic N) is 2. The second-order valence-corrected chi connectivity index (χ2v) is 6.16. The van der Waals surface area contributed by atoms with E-state index in [9.17, 15) is 4.79 Å². The van der Waals surface area contributed by atoms with Crippen LogP contribution in [0.4, 0.5) is 9.93 Å². The summed E-state index contributed by atoms with van der Waals surface area (Å²) in [7, 11) is 1.74. The summed E-state index contributed by atoms with van der Waals surface area (Å²) in [5, 5.41) is 4.04. The van der Waals surface area contributed by atoms with Gasteiger partial charge in [0.15, 0.2) is 5.13 Å². The molecule has 1 heterocycles. The van der Waals surface area contributed by atoms with Crippen molar-refractivity contribution in [1.29, 1.82) is 0 Å². The van der Waals surface area contributed by atoms with E-state index in [-0.39, 0.29) is 12.1 Å². The topological polar surface area (TPSA) is 45.2 Å². The van der Waals surface area contributed by atoms with Crippen molar-refractivity contribution in [3.63, 3.8) is 0 Å². The fourth-order valence-corrected chi connectivity index (χ4v) is 2.74. The van der Waals surface area contributed by atoms with E-state index >= 15 is 0 Å². The highest BCUT2D eigenvalue weighted by Gasteiger charge is 2.19. The van der Waals surface area contributed by atoms with Gasteiger partial charge < -0.3 is 4.90 Å². The molecule has 1 unspecified atom stereocenters. The molecule has 20 heavy (non-hydrogen) atoms. The smallest absolute Gasteiger partial charge is 0.321 e. The van der Waals surface area contributed by atoms with Crippen LogP contribution in [0.15, 0.2) is 30.5 Å². The maximum absolute atomic E-state index is 12.2. The molecule has 0 aliphatic carbocycles. The average molecular weight is 310 g/mol. The number of urea groups is 1. The fourth-order valence-electron chi connectivity index (χ4n) is 1.79. The Bertz CT molecular complexity index is 614. The van der Waals surface area contributed by atoms with Crippen molar-refractivity contribution in [2.75, 3.05) is 12.4 Å². The third-order valence-corrected chi connectivity index (χ3v) is 4.26. The van der Waals surface area contributed by atoms with Crippen molar-refractivity contribution >= 4 is 34.1 Å². The lowest BCUT2D eigenvalue weighted by atomic mass is 10.1. The number of carbonyl (C=O) groups excluding carboxylic acids is 1. The number of thiazole rings is 1. The van der Waals surface area contributed by atoms with Gasteiger partial charge in [0.25, 0.3) is 0 Å². The fraction of sp³-hybridized carbons (Fsp3) is 0.286. The molecule has 2 amide bonds. The van der Waals surface area contributed by atoms with E-state index in [1.54, 1.807) is 18.1 Å². The first-order chi connectivity index (χ1) is 9.49. The third-order valence-electron chi connectivity index (χ3n) is 3.09. The van der Waals surface area contributed by atoms with Crippen LogP contribution in [0, 0.1) is 6.92 Å². The molecule has 0 radical (unpaired) electrons. The maximum Gasteiger partial charge on any atom is 0.323 e. The molecule has 106 valence electrons. The van der Waals surface area contributed by atoms with E-state index in [4.69, 9.17) is 11.6 Å². The van der Waals surface area contributed by atoms with Gasteiger partial charge in [-0.2, -0.15) is 0 Å². The number of nitrogens with one attached hydrogen (secondary N) is 1. The molecule has 2 aromatic rings. The first-order valence-corrected chi connectivity index (χ1v) is 7.39. The number of aromatic nitrogens is 1. The Morgan fingerprint density at radius 1 is 1.45 bits per heavy atom. The molecule has 0 fully saturated rings. The van der Waals surface area contributed by atoms with Crippen LogP contribution >= 0.6 is 22.9 Å². The quantitative estimate of drug-likeness (QED) is 0.917. The summed E-state index contributed by atoms with van der Waals surface area (Å²) >= 11 is 7.61. The van der Waals surface area contributed by atoms with E-state index in [1.165, 1.54) is 11.3 Å². The predicted octanol–water partition coefficient (Wildman–Crippen LogP) is 4.33. The number of aryl methyl sites for hydroxylation is 1. The van der Waals surface area contributed by atoms with E-state index in [0.717, 1.165) is 10.4 Å². The largest absolute Gasteiger partial charge is 0.323 e. The first-order valence-electron chi connectivity index (χ1n) is 6.19. The summed E-state index contributed by atoms with van der Waals surface area (Å²) in [6.45, 7) is 3.89. The molecule has 0 saturated carbocycles. The lowest BCUT2D eigenvalue weighted by Crippen LogP contribution is -2.33. The molecular formula is C14H16ClN3OS. The number of amides is 2. The molecule has 0 bridgehead atoms. The Balaban J connectivity index is 2.08. The van der Waals surface area contributed by atoms with Crippen molar-refractivity contribution in [1.82, 2.24) is 9.88 Å². The minimum absolute atomic E-state index is 0.121. The summed E-state index contributed by atoms with van der Waals surface area (Å²) in [4.78, 5) is 19.0. The summed E-state index contributed by atoms with van der Waals surface area (Å²) in [6, 6.07) is 7.20. The number of rotatable bonds is 3. The Kier molecular flexibility index (Phi) is 4.62. The van der Waals surface area contributed by atoms with Crippen LogP contribution in [-0.2, 0) is 0 Å². The lowest BCUT2D eigenvalue weighted by molar-refractivity contribution is 0.208. The second-order valence-electron chi connectivity index (χ2n) is 4.51. The SMILES string of the molecule is Cc1cnc(NC(=O)N(C)C(C)c2ccccc2Cl)s1. The highest BCUT2D eigenvalue weighted by molar-refractivity contribution is 7.15. The van der Waals surface area contributed by atoms with Crippen LogP contribution in [0.3, 0.4) is 0 Å². The Morgan fingerprint density at radius 3 is 2.75 bits per heavy atom. The van der Waals surface area contributed by atoms with Gasteiger partial charge in [-0.3, -0.25) is 5.32 Å². The number of benzene rings is 1. The minimum Gasteiger partial charge on any atom is -0.321 e. The first kappa shape index (κ1) is 14.8. The van der Waals surface area contributed by atoms with E-state index in [0.29, 0.717) is 10.2 Å². The zero-order valence-corrected chi connectivity index (χ0v) is 13.1. The van der Waals surface area contributed by atoms with Gasteiger partial charge >= 0.3 is 6.03 Å². The van der Waals surface area contributed by atoms with E-state index < -0.39 is 0 Å². The van der Waals surface area contributed by atoms with Crippen LogP contribution in [0.1, 0.15) is 23.4 Å². The predicted molar refractivity (Wildman–Crippen MR) is 83.5 cm³/mol. The summed E-state index contributed by atoms with van der Waals surface area (Å²) in [5.41, 5.74) is 0.919. The maximum atomic E-state index is 12.2. The third kappa shape index (κ3) is 3.29. The van der Waals surface area contributed by atoms with Gasteiger partial charge in [-0.05, 0) is 25.5 Å². The second kappa shape index (κ2) is 6.24. The average Bonchev–Trinajstić information content (AvgIpc) is 2.83. The monoisotopic (exact) mass is 309 g/mol. The van der Waals surface area contributed by atoms with E-state index in [1.807, 2.05) is 38.1 Å². The minimum atomic E-state index is -0.202. The summed E-state index contributed by atoms with van der Waals surface area (Å²) < 4.78 is 0. The standard InChI is InChI=1S/C14H16ClN3OS/c1-9-8-16-13(20-9)17-14(19)18(3)10(2)11-6-4-5-7-12(11)15/h4-8,10H,1-3H3,(H,16,17,19). The molecule has 6 heteroatoms.